The fourth-order valence-corrected chi connectivity index (χ4v) is 5.24. The summed E-state index contributed by atoms with van der Waals surface area (Å²) in [5.41, 5.74) is 3.65. The molecule has 0 aliphatic carbocycles. The van der Waals surface area contributed by atoms with Crippen LogP contribution in [-0.4, -0.2) is 62.8 Å². The lowest BCUT2D eigenvalue weighted by molar-refractivity contribution is -0.286. The molecule has 1 amide bonds. The highest BCUT2D eigenvalue weighted by atomic mass is 19.3. The van der Waals surface area contributed by atoms with E-state index in [1.807, 2.05) is 88.0 Å². The van der Waals surface area contributed by atoms with Crippen LogP contribution in [0.25, 0.3) is 0 Å². The van der Waals surface area contributed by atoms with Gasteiger partial charge in [-0.25, -0.2) is 18.2 Å². The number of carbonyl (C=O) groups excluding carboxylic acids is 1. The lowest BCUT2D eigenvalue weighted by Gasteiger charge is -2.40. The second-order valence-electron chi connectivity index (χ2n) is 11.8. The van der Waals surface area contributed by atoms with Gasteiger partial charge in [0.05, 0.1) is 32.6 Å². The monoisotopic (exact) mass is 644 g/mol. The van der Waals surface area contributed by atoms with Gasteiger partial charge in [0, 0.05) is 31.2 Å². The summed E-state index contributed by atoms with van der Waals surface area (Å²) in [7, 11) is 3.16. The molecule has 0 saturated carbocycles. The Morgan fingerprint density at radius 2 is 1.52 bits per heavy atom. The Morgan fingerprint density at radius 3 is 2.00 bits per heavy atom. The molecule has 12 heteroatoms. The molecule has 1 saturated heterocycles. The number of alkyl halides is 3. The predicted molar refractivity (Wildman–Crippen MR) is 172 cm³/mol. The van der Waals surface area contributed by atoms with Crippen molar-refractivity contribution in [2.45, 2.75) is 72.2 Å². The Balaban J connectivity index is 1.80. The molecule has 3 atom stereocenters. The molecule has 0 radical (unpaired) electrons. The number of carbonyl (C=O) groups is 1. The molecule has 1 aliphatic heterocycles. The molecule has 2 aromatic carbocycles. The number of nitrogens with one attached hydrogen (secondary N) is 2. The van der Waals surface area contributed by atoms with E-state index in [9.17, 15) is 18.0 Å². The van der Waals surface area contributed by atoms with E-state index in [-0.39, 0.29) is 23.5 Å². The maximum atomic E-state index is 14.4. The average Bonchev–Trinajstić information content (AvgIpc) is 3.02. The van der Waals surface area contributed by atoms with Crippen molar-refractivity contribution in [3.63, 3.8) is 0 Å². The van der Waals surface area contributed by atoms with Crippen LogP contribution in [0.2, 0.25) is 0 Å². The Hall–Kier alpha value is -4.03. The number of benzene rings is 2. The summed E-state index contributed by atoms with van der Waals surface area (Å²) in [6, 6.07) is 14.9. The molecule has 1 aliphatic rings. The van der Waals surface area contributed by atoms with Crippen LogP contribution >= 0.6 is 0 Å². The fourth-order valence-electron chi connectivity index (χ4n) is 5.24. The molecule has 250 valence electrons. The standard InChI is InChI=1S/C34H43F3N4O5/c1-20-21(2)39-32(41(17-23-8-12-26(43-6)13-9-23)18-24-10-14-27(44-7)15-11-24)30(40-33(42)28(35)31(36)37)29(20)38-16-25-19-45-34(4,5)46-22(25)3/h8-15,22,25,28,31H,16-19H2,1-7H3,(H,38,39)(H,40,42). The van der Waals surface area contributed by atoms with Gasteiger partial charge in [-0.1, -0.05) is 24.3 Å². The number of rotatable bonds is 13. The Kier molecular flexibility index (Phi) is 11.4. The highest BCUT2D eigenvalue weighted by Crippen LogP contribution is 2.39. The Morgan fingerprint density at radius 1 is 0.978 bits per heavy atom. The van der Waals surface area contributed by atoms with Gasteiger partial charge in [-0.2, -0.15) is 0 Å². The van der Waals surface area contributed by atoms with Crippen molar-refractivity contribution in [3.8, 4) is 11.5 Å². The van der Waals surface area contributed by atoms with Gasteiger partial charge >= 0.3 is 0 Å². The van der Waals surface area contributed by atoms with Gasteiger partial charge < -0.3 is 34.5 Å². The minimum atomic E-state index is -3.49. The van der Waals surface area contributed by atoms with E-state index in [1.54, 1.807) is 14.2 Å². The largest absolute Gasteiger partial charge is 0.497 e. The molecule has 1 fully saturated rings. The molecular weight excluding hydrogens is 601 g/mol. The predicted octanol–water partition coefficient (Wildman–Crippen LogP) is 6.66. The normalized spacial score (nSPS) is 18.2. The number of pyridine rings is 1. The van der Waals surface area contributed by atoms with E-state index < -0.39 is 24.3 Å². The summed E-state index contributed by atoms with van der Waals surface area (Å²) < 4.78 is 63.6. The average molecular weight is 645 g/mol. The first-order valence-electron chi connectivity index (χ1n) is 15.1. The molecule has 3 unspecified atom stereocenters. The quantitative estimate of drug-likeness (QED) is 0.213. The van der Waals surface area contributed by atoms with Crippen LogP contribution < -0.4 is 25.0 Å². The maximum absolute atomic E-state index is 14.4. The third-order valence-corrected chi connectivity index (χ3v) is 8.07. The van der Waals surface area contributed by atoms with Crippen molar-refractivity contribution in [1.82, 2.24) is 4.98 Å². The first kappa shape index (κ1) is 34.8. The zero-order valence-electron chi connectivity index (χ0n) is 27.3. The lowest BCUT2D eigenvalue weighted by Crippen LogP contribution is -2.46. The molecule has 1 aromatic heterocycles. The third-order valence-electron chi connectivity index (χ3n) is 8.07. The Bertz CT molecular complexity index is 1420. The smallest absolute Gasteiger partial charge is 0.278 e. The molecule has 4 rings (SSSR count). The number of methoxy groups -OCH3 is 2. The number of amides is 1. The summed E-state index contributed by atoms with van der Waals surface area (Å²) in [4.78, 5) is 19.6. The molecule has 9 nitrogen and oxygen atoms in total. The van der Waals surface area contributed by atoms with Crippen molar-refractivity contribution >= 4 is 23.1 Å². The van der Waals surface area contributed by atoms with Crippen LogP contribution in [0.5, 0.6) is 11.5 Å². The van der Waals surface area contributed by atoms with Crippen LogP contribution in [0.4, 0.5) is 30.4 Å². The highest BCUT2D eigenvalue weighted by molar-refractivity contribution is 6.01. The molecule has 46 heavy (non-hydrogen) atoms. The summed E-state index contributed by atoms with van der Waals surface area (Å²) >= 11 is 0. The van der Waals surface area contributed by atoms with Crippen molar-refractivity contribution in [2.24, 2.45) is 5.92 Å². The van der Waals surface area contributed by atoms with E-state index in [0.717, 1.165) is 11.1 Å². The number of anilines is 3. The molecule has 3 aromatic rings. The number of nitrogens with zero attached hydrogens (tertiary/aromatic N) is 2. The van der Waals surface area contributed by atoms with Crippen molar-refractivity contribution in [3.05, 3.63) is 70.9 Å². The second-order valence-corrected chi connectivity index (χ2v) is 11.8. The minimum Gasteiger partial charge on any atom is -0.497 e. The van der Waals surface area contributed by atoms with E-state index >= 15 is 0 Å². The van der Waals surface area contributed by atoms with Crippen molar-refractivity contribution in [2.75, 3.05) is 42.9 Å². The number of hydrogen-bond acceptors (Lipinski definition) is 8. The molecular formula is C34H43F3N4O5. The number of halogens is 3. The van der Waals surface area contributed by atoms with Crippen LogP contribution in [-0.2, 0) is 27.4 Å². The topological polar surface area (TPSA) is 94.2 Å². The molecule has 0 bridgehead atoms. The molecule has 2 N–H and O–H groups in total. The Labute approximate surface area is 268 Å². The first-order chi connectivity index (χ1) is 21.8. The summed E-state index contributed by atoms with van der Waals surface area (Å²) in [5.74, 6) is -0.597. The molecule has 0 spiro atoms. The van der Waals surface area contributed by atoms with E-state index in [2.05, 4.69) is 10.6 Å². The highest BCUT2D eigenvalue weighted by Gasteiger charge is 2.35. The van der Waals surface area contributed by atoms with Crippen LogP contribution in [0.3, 0.4) is 0 Å². The SMILES string of the molecule is COc1ccc(CN(Cc2ccc(OC)cc2)c2nc(C)c(C)c(NCC3COC(C)(C)OC3C)c2NC(=O)C(F)C(F)F)cc1. The first-order valence-corrected chi connectivity index (χ1v) is 15.1. The van der Waals surface area contributed by atoms with Gasteiger partial charge in [-0.3, -0.25) is 4.79 Å². The third kappa shape index (κ3) is 8.61. The minimum absolute atomic E-state index is 0.0717. The van der Waals surface area contributed by atoms with Gasteiger partial charge in [0.25, 0.3) is 12.3 Å². The van der Waals surface area contributed by atoms with Crippen molar-refractivity contribution in [1.29, 1.82) is 0 Å². The number of hydrogen-bond donors (Lipinski definition) is 2. The number of aromatic nitrogens is 1. The van der Waals surface area contributed by atoms with Gasteiger partial charge in [-0.15, -0.1) is 0 Å². The zero-order valence-corrected chi connectivity index (χ0v) is 27.3. The second kappa shape index (κ2) is 15.0. The van der Waals surface area contributed by atoms with E-state index in [1.165, 1.54) is 0 Å². The molecule has 2 heterocycles. The van der Waals surface area contributed by atoms with Gasteiger partial charge in [0.15, 0.2) is 11.6 Å². The van der Waals surface area contributed by atoms with Gasteiger partial charge in [0.2, 0.25) is 6.17 Å². The summed E-state index contributed by atoms with van der Waals surface area (Å²) in [6.45, 7) is 10.7. The van der Waals surface area contributed by atoms with Crippen LogP contribution in [0, 0.1) is 19.8 Å². The number of aryl methyl sites for hydroxylation is 1. The van der Waals surface area contributed by atoms with E-state index in [4.69, 9.17) is 23.9 Å². The zero-order chi connectivity index (χ0) is 33.6. The lowest BCUT2D eigenvalue weighted by atomic mass is 10.0. The fraction of sp³-hybridized carbons (Fsp3) is 0.471. The summed E-state index contributed by atoms with van der Waals surface area (Å²) in [6.07, 6.45) is -6.68. The number of ether oxygens (including phenoxy) is 4. The van der Waals surface area contributed by atoms with Gasteiger partial charge in [0.1, 0.15) is 17.2 Å². The van der Waals surface area contributed by atoms with Gasteiger partial charge in [-0.05, 0) is 75.6 Å². The van der Waals surface area contributed by atoms with Crippen molar-refractivity contribution < 1.29 is 36.9 Å². The van der Waals surface area contributed by atoms with E-state index in [0.29, 0.717) is 54.7 Å². The maximum Gasteiger partial charge on any atom is 0.278 e. The van der Waals surface area contributed by atoms with Crippen LogP contribution in [0.1, 0.15) is 43.2 Å². The van der Waals surface area contributed by atoms with Crippen LogP contribution in [0.15, 0.2) is 48.5 Å². The summed E-state index contributed by atoms with van der Waals surface area (Å²) in [5, 5.41) is 5.86.